The maximum Gasteiger partial charge on any atom is 0.290 e. The van der Waals surface area contributed by atoms with Crippen molar-refractivity contribution in [2.45, 2.75) is 12.5 Å². The van der Waals surface area contributed by atoms with Gasteiger partial charge in [0.2, 0.25) is 0 Å². The molecule has 0 saturated heterocycles. The molecule has 0 aliphatic carbocycles. The van der Waals surface area contributed by atoms with E-state index < -0.39 is 23.5 Å². The van der Waals surface area contributed by atoms with Crippen LogP contribution in [0.1, 0.15) is 22.7 Å². The van der Waals surface area contributed by atoms with Gasteiger partial charge in [-0.3, -0.25) is 14.6 Å². The number of aromatic nitrogens is 2. The van der Waals surface area contributed by atoms with Gasteiger partial charge in [-0.25, -0.2) is 0 Å². The van der Waals surface area contributed by atoms with Crippen molar-refractivity contribution in [1.29, 1.82) is 0 Å². The van der Waals surface area contributed by atoms with Gasteiger partial charge in [-0.1, -0.05) is 42.5 Å². The number of carbonyl (C=O) groups is 2. The maximum atomic E-state index is 13.3. The molecule has 36 heavy (non-hydrogen) atoms. The van der Waals surface area contributed by atoms with E-state index in [1.807, 2.05) is 54.7 Å². The average molecular weight is 480 g/mol. The third kappa shape index (κ3) is 4.38. The van der Waals surface area contributed by atoms with Gasteiger partial charge in [0.25, 0.3) is 5.91 Å². The Morgan fingerprint density at radius 2 is 2.00 bits per heavy atom. The summed E-state index contributed by atoms with van der Waals surface area (Å²) in [5.74, 6) is -0.769. The number of carbonyl (C=O) groups excluding carboxylic acids is 2. The van der Waals surface area contributed by atoms with E-state index >= 15 is 0 Å². The van der Waals surface area contributed by atoms with Crippen LogP contribution in [-0.2, 0) is 16.0 Å². The predicted octanol–water partition coefficient (Wildman–Crippen LogP) is 4.79. The highest BCUT2D eigenvalue weighted by atomic mass is 16.5. The molecule has 0 bridgehead atoms. The summed E-state index contributed by atoms with van der Waals surface area (Å²) in [7, 11) is 1.62. The monoisotopic (exact) mass is 479 g/mol. The highest BCUT2D eigenvalue weighted by Gasteiger charge is 2.42. The van der Waals surface area contributed by atoms with Crippen molar-refractivity contribution in [3.8, 4) is 5.75 Å². The molecule has 1 atom stereocenters. The topological polar surface area (TPSA) is 95.5 Å². The molecule has 1 amide bonds. The van der Waals surface area contributed by atoms with Crippen LogP contribution in [0.15, 0.2) is 96.7 Å². The molecule has 180 valence electrons. The molecule has 0 radical (unpaired) electrons. The Balaban J connectivity index is 1.45. The second-order valence-corrected chi connectivity index (χ2v) is 8.53. The van der Waals surface area contributed by atoms with Crippen LogP contribution in [0.2, 0.25) is 0 Å². The maximum absolute atomic E-state index is 13.3. The number of aliphatic hydroxyl groups is 1. The lowest BCUT2D eigenvalue weighted by Gasteiger charge is -2.26. The zero-order valence-corrected chi connectivity index (χ0v) is 19.7. The van der Waals surface area contributed by atoms with Gasteiger partial charge < -0.3 is 19.7 Å². The molecular weight excluding hydrogens is 454 g/mol. The van der Waals surface area contributed by atoms with Gasteiger partial charge in [0.15, 0.2) is 11.5 Å². The van der Waals surface area contributed by atoms with Crippen molar-refractivity contribution in [2.75, 3.05) is 13.7 Å². The number of amides is 1. The number of aromatic amines is 1. The molecule has 5 rings (SSSR count). The number of pyridine rings is 1. The number of methoxy groups -OCH3 is 1. The Labute approximate surface area is 208 Å². The number of allylic oxidation sites excluding steroid dienone is 1. The number of benzene rings is 2. The molecule has 4 aromatic rings. The molecule has 0 spiro atoms. The zero-order valence-electron chi connectivity index (χ0n) is 19.7. The smallest absolute Gasteiger partial charge is 0.290 e. The minimum absolute atomic E-state index is 0.0563. The lowest BCUT2D eigenvalue weighted by molar-refractivity contribution is -0.129. The Morgan fingerprint density at radius 1 is 1.17 bits per heavy atom. The number of ether oxygens (including phenoxy) is 1. The van der Waals surface area contributed by atoms with Crippen LogP contribution in [0.4, 0.5) is 0 Å². The lowest BCUT2D eigenvalue weighted by atomic mass is 9.96. The summed E-state index contributed by atoms with van der Waals surface area (Å²) in [6.45, 7) is 0.297. The Hall–Kier alpha value is -4.65. The standard InChI is InChI=1S/C29H25N3O4/c1-36-22-10-11-24-23(16-22)20(18-31-24)13-15-32-27(21-8-5-14-30-17-21)26(28(34)29(32)35)25(33)12-9-19-6-3-2-4-7-19/h2-12,14,16-18,27,31,34H,13,15H2,1H3/b12-9+. The fourth-order valence-corrected chi connectivity index (χ4v) is 4.58. The molecule has 0 fully saturated rings. The SMILES string of the molecule is COc1ccc2[nH]cc(CCN3C(=O)C(O)=C(C(=O)/C=C/c4ccccc4)C3c3cccnc3)c2c1. The summed E-state index contributed by atoms with van der Waals surface area (Å²) in [5, 5.41) is 11.8. The van der Waals surface area contributed by atoms with Crippen LogP contribution < -0.4 is 4.74 Å². The molecule has 1 aliphatic rings. The van der Waals surface area contributed by atoms with Crippen molar-refractivity contribution in [2.24, 2.45) is 0 Å². The first-order chi connectivity index (χ1) is 17.6. The minimum Gasteiger partial charge on any atom is -0.503 e. The number of ketones is 1. The van der Waals surface area contributed by atoms with E-state index in [9.17, 15) is 14.7 Å². The second-order valence-electron chi connectivity index (χ2n) is 8.53. The number of hydrogen-bond donors (Lipinski definition) is 2. The van der Waals surface area contributed by atoms with Crippen LogP contribution in [0.25, 0.3) is 17.0 Å². The second kappa shape index (κ2) is 9.92. The summed E-state index contributed by atoms with van der Waals surface area (Å²) in [5.41, 5.74) is 3.53. The molecule has 0 saturated carbocycles. The quantitative estimate of drug-likeness (QED) is 0.354. The van der Waals surface area contributed by atoms with Crippen LogP contribution in [0.5, 0.6) is 5.75 Å². The van der Waals surface area contributed by atoms with E-state index in [0.717, 1.165) is 27.8 Å². The fraction of sp³-hybridized carbons (Fsp3) is 0.138. The highest BCUT2D eigenvalue weighted by molar-refractivity contribution is 6.14. The van der Waals surface area contributed by atoms with E-state index in [0.29, 0.717) is 18.5 Å². The molecule has 2 aromatic heterocycles. The van der Waals surface area contributed by atoms with E-state index in [1.54, 1.807) is 37.7 Å². The summed E-state index contributed by atoms with van der Waals surface area (Å²) >= 11 is 0. The molecule has 7 nitrogen and oxygen atoms in total. The average Bonchev–Trinajstić information content (AvgIpc) is 3.44. The Bertz CT molecular complexity index is 1470. The molecular formula is C29H25N3O4. The van der Waals surface area contributed by atoms with Gasteiger partial charge in [-0.05, 0) is 53.5 Å². The first-order valence-corrected chi connectivity index (χ1v) is 11.6. The van der Waals surface area contributed by atoms with Gasteiger partial charge >= 0.3 is 0 Å². The number of rotatable bonds is 8. The number of hydrogen-bond acceptors (Lipinski definition) is 5. The van der Waals surface area contributed by atoms with Gasteiger partial charge in [-0.2, -0.15) is 0 Å². The van der Waals surface area contributed by atoms with E-state index in [4.69, 9.17) is 4.74 Å². The number of nitrogens with one attached hydrogen (secondary N) is 1. The van der Waals surface area contributed by atoms with Crippen LogP contribution in [-0.4, -0.2) is 45.3 Å². The van der Waals surface area contributed by atoms with Gasteiger partial charge in [-0.15, -0.1) is 0 Å². The van der Waals surface area contributed by atoms with Crippen molar-refractivity contribution in [3.05, 3.63) is 113 Å². The third-order valence-electron chi connectivity index (χ3n) is 6.39. The van der Waals surface area contributed by atoms with Crippen molar-refractivity contribution in [1.82, 2.24) is 14.9 Å². The van der Waals surface area contributed by atoms with Crippen molar-refractivity contribution in [3.63, 3.8) is 0 Å². The number of nitrogens with zero attached hydrogens (tertiary/aromatic N) is 2. The van der Waals surface area contributed by atoms with Crippen LogP contribution >= 0.6 is 0 Å². The van der Waals surface area contributed by atoms with E-state index in [-0.39, 0.29) is 5.57 Å². The van der Waals surface area contributed by atoms with E-state index in [1.165, 1.54) is 11.0 Å². The normalized spacial score (nSPS) is 15.9. The highest BCUT2D eigenvalue weighted by Crippen LogP contribution is 2.38. The molecule has 7 heteroatoms. The summed E-state index contributed by atoms with van der Waals surface area (Å²) in [6.07, 6.45) is 8.75. The van der Waals surface area contributed by atoms with Crippen molar-refractivity contribution < 1.29 is 19.4 Å². The van der Waals surface area contributed by atoms with Gasteiger partial charge in [0, 0.05) is 36.0 Å². The predicted molar refractivity (Wildman–Crippen MR) is 137 cm³/mol. The molecule has 2 aromatic carbocycles. The molecule has 3 heterocycles. The van der Waals surface area contributed by atoms with E-state index in [2.05, 4.69) is 9.97 Å². The summed E-state index contributed by atoms with van der Waals surface area (Å²) in [4.78, 5) is 35.4. The lowest BCUT2D eigenvalue weighted by Crippen LogP contribution is -2.33. The van der Waals surface area contributed by atoms with Crippen LogP contribution in [0.3, 0.4) is 0 Å². The first kappa shape index (κ1) is 23.1. The fourth-order valence-electron chi connectivity index (χ4n) is 4.58. The number of H-pyrrole nitrogens is 1. The first-order valence-electron chi connectivity index (χ1n) is 11.6. The number of aliphatic hydroxyl groups excluding tert-OH is 1. The third-order valence-corrected chi connectivity index (χ3v) is 6.39. The Kier molecular flexibility index (Phi) is 6.36. The zero-order chi connectivity index (χ0) is 25.1. The Morgan fingerprint density at radius 3 is 2.75 bits per heavy atom. The minimum atomic E-state index is -0.737. The summed E-state index contributed by atoms with van der Waals surface area (Å²) in [6, 6.07) is 18.0. The van der Waals surface area contributed by atoms with Crippen molar-refractivity contribution >= 4 is 28.7 Å². The summed E-state index contributed by atoms with van der Waals surface area (Å²) < 4.78 is 5.36. The van der Waals surface area contributed by atoms with Gasteiger partial charge in [0.05, 0.1) is 18.7 Å². The number of fused-ring (bicyclic) bond motifs is 1. The molecule has 1 unspecified atom stereocenters. The molecule has 1 aliphatic heterocycles. The largest absolute Gasteiger partial charge is 0.503 e. The van der Waals surface area contributed by atoms with Crippen LogP contribution in [0, 0.1) is 0 Å². The van der Waals surface area contributed by atoms with Gasteiger partial charge in [0.1, 0.15) is 5.75 Å². The molecule has 2 N–H and O–H groups in total.